The molecule has 0 radical (unpaired) electrons. The molecule has 4 N–H and O–H groups in total. The van der Waals surface area contributed by atoms with Crippen molar-refractivity contribution in [2.45, 2.75) is 85.6 Å². The fourth-order valence-corrected chi connectivity index (χ4v) is 9.27. The average Bonchev–Trinajstić information content (AvgIpc) is 3.03. The largest absolute Gasteiger partial charge is 0.500 e. The van der Waals surface area contributed by atoms with Crippen LogP contribution in [-0.2, 0) is 45.6 Å². The maximum Gasteiger partial charge on any atom is 0.500 e. The van der Waals surface area contributed by atoms with Crippen molar-refractivity contribution in [2.75, 3.05) is 79.0 Å². The van der Waals surface area contributed by atoms with E-state index in [0.29, 0.717) is 71.4 Å². The van der Waals surface area contributed by atoms with Crippen LogP contribution in [0, 0.1) is 0 Å². The summed E-state index contributed by atoms with van der Waals surface area (Å²) in [6.07, 6.45) is 1.20. The summed E-state index contributed by atoms with van der Waals surface area (Å²) in [6.45, 7) is 25.3. The molecule has 0 heterocycles. The number of aliphatic hydroxyl groups is 2. The number of ether oxygens (including phenoxy) is 2. The molecule has 0 aromatic rings. The van der Waals surface area contributed by atoms with E-state index in [1.807, 2.05) is 41.5 Å². The van der Waals surface area contributed by atoms with Crippen molar-refractivity contribution in [3.05, 3.63) is 24.8 Å². The van der Waals surface area contributed by atoms with Crippen molar-refractivity contribution < 1.29 is 55.8 Å². The lowest BCUT2D eigenvalue weighted by molar-refractivity contribution is -0.142. The Morgan fingerprint density at radius 2 is 1.02 bits per heavy atom. The molecule has 16 heteroatoms. The Morgan fingerprint density at radius 1 is 0.681 bits per heavy atom. The third-order valence-corrected chi connectivity index (χ3v) is 12.3. The van der Waals surface area contributed by atoms with E-state index in [0.717, 1.165) is 31.0 Å². The molecule has 0 aliphatic rings. The van der Waals surface area contributed by atoms with Crippen LogP contribution in [0.1, 0.15) is 61.3 Å². The molecule has 2 atom stereocenters. The van der Waals surface area contributed by atoms with Crippen LogP contribution in [0.2, 0.25) is 12.1 Å². The summed E-state index contributed by atoms with van der Waals surface area (Å²) >= 11 is 0. The molecule has 0 saturated heterocycles. The van der Waals surface area contributed by atoms with Gasteiger partial charge in [0, 0.05) is 76.5 Å². The van der Waals surface area contributed by atoms with Gasteiger partial charge in [0.2, 0.25) is 0 Å². The molecular weight excluding hydrogens is 649 g/mol. The number of esters is 2. The lowest BCUT2D eigenvalue weighted by Crippen LogP contribution is -2.46. The first kappa shape index (κ1) is 47.6. The smallest absolute Gasteiger partial charge is 0.460 e. The van der Waals surface area contributed by atoms with E-state index in [2.05, 4.69) is 23.8 Å². The quantitative estimate of drug-likeness (QED) is 0.0371. The molecule has 0 aromatic carbocycles. The van der Waals surface area contributed by atoms with Crippen molar-refractivity contribution in [2.24, 2.45) is 0 Å². The first-order valence-corrected chi connectivity index (χ1v) is 20.5. The second-order valence-electron chi connectivity index (χ2n) is 10.1. The predicted molar refractivity (Wildman–Crippen MR) is 185 cm³/mol. The van der Waals surface area contributed by atoms with Crippen LogP contribution < -0.4 is 10.6 Å². The Balaban J connectivity index is 0. The normalized spacial score (nSPS) is 12.9. The van der Waals surface area contributed by atoms with E-state index < -0.39 is 41.8 Å². The van der Waals surface area contributed by atoms with Crippen LogP contribution in [0.4, 0.5) is 0 Å². The van der Waals surface area contributed by atoms with Gasteiger partial charge in [0.05, 0.1) is 0 Å². The van der Waals surface area contributed by atoms with Gasteiger partial charge in [-0.2, -0.15) is 0 Å². The number of carbonyl (C=O) groups is 2. The monoisotopic (exact) mass is 712 g/mol. The minimum absolute atomic E-state index is 0.0474. The second kappa shape index (κ2) is 30.5. The Morgan fingerprint density at radius 3 is 1.32 bits per heavy atom. The zero-order valence-electron chi connectivity index (χ0n) is 29.9. The summed E-state index contributed by atoms with van der Waals surface area (Å²) in [4.78, 5) is 22.1. The van der Waals surface area contributed by atoms with Gasteiger partial charge >= 0.3 is 29.5 Å². The van der Waals surface area contributed by atoms with Gasteiger partial charge in [0.25, 0.3) is 0 Å². The molecule has 0 aromatic heterocycles. The van der Waals surface area contributed by atoms with Crippen LogP contribution in [0.3, 0.4) is 0 Å². The van der Waals surface area contributed by atoms with Gasteiger partial charge in [-0.1, -0.05) is 13.2 Å². The Kier molecular flexibility index (Phi) is 30.9. The van der Waals surface area contributed by atoms with Gasteiger partial charge in [-0.25, -0.2) is 9.59 Å². The highest BCUT2D eigenvalue weighted by Gasteiger charge is 2.40. The molecule has 0 aliphatic carbocycles. The first-order valence-electron chi connectivity index (χ1n) is 16.7. The lowest BCUT2D eigenvalue weighted by Gasteiger charge is -2.28. The molecule has 0 spiro atoms. The van der Waals surface area contributed by atoms with Crippen LogP contribution in [0.25, 0.3) is 0 Å². The van der Waals surface area contributed by atoms with Crippen molar-refractivity contribution in [3.8, 4) is 0 Å². The molecule has 0 amide bonds. The molecule has 0 fully saturated rings. The number of hydrogen-bond donors (Lipinski definition) is 4. The van der Waals surface area contributed by atoms with Crippen molar-refractivity contribution >= 4 is 29.5 Å². The van der Waals surface area contributed by atoms with Crippen LogP contribution >= 0.6 is 0 Å². The highest BCUT2D eigenvalue weighted by molar-refractivity contribution is 6.61. The highest BCUT2D eigenvalue weighted by atomic mass is 28.4. The highest BCUT2D eigenvalue weighted by Crippen LogP contribution is 2.18. The summed E-state index contributed by atoms with van der Waals surface area (Å²) in [6, 6.07) is 1.44. The minimum atomic E-state index is -2.60. The Bertz CT molecular complexity index is 791. The van der Waals surface area contributed by atoms with Crippen molar-refractivity contribution in [1.82, 2.24) is 10.6 Å². The van der Waals surface area contributed by atoms with E-state index in [1.165, 1.54) is 0 Å². The van der Waals surface area contributed by atoms with E-state index in [-0.39, 0.29) is 13.2 Å². The Labute approximate surface area is 285 Å². The zero-order chi connectivity index (χ0) is 36.0. The molecule has 0 bridgehead atoms. The van der Waals surface area contributed by atoms with Crippen LogP contribution in [0.5, 0.6) is 0 Å². The zero-order valence-corrected chi connectivity index (χ0v) is 31.9. The molecular formula is C31H64N2O12Si2. The molecule has 0 aliphatic heterocycles. The first-order chi connectivity index (χ1) is 22.4. The number of aliphatic hydroxyl groups excluding tert-OH is 2. The minimum Gasteiger partial charge on any atom is -0.460 e. The summed E-state index contributed by atoms with van der Waals surface area (Å²) in [5, 5.41) is 25.7. The number of nitrogens with one attached hydrogen (secondary N) is 2. The standard InChI is InChI=1S/C16H33NO6Si.C15H31NO6Si/c1-6-21-24(22-7-2,23-8-3)11-9-10-17-12-15(18)13-20-16(19)14(4)5;1-5-15(18)19-13-14(17)12-16-10-9-11-23(20-6-2,21-7-3)22-8-4/h15,17-18H,4,6-13H2,1-3,5H3;5,14,16-17H,1,6-13H2,2-4H3. The predicted octanol–water partition coefficient (Wildman–Crippen LogP) is 2.60. The van der Waals surface area contributed by atoms with E-state index in [4.69, 9.17) is 36.0 Å². The fraction of sp³-hybridized carbons (Fsp3) is 0.806. The number of rotatable bonds is 30. The van der Waals surface area contributed by atoms with Gasteiger partial charge in [0.1, 0.15) is 25.4 Å². The SMILES string of the molecule is C=C(C)C(=O)OCC(O)CNCCC[Si](OCC)(OCC)OCC.C=CC(=O)OCC(O)CNCCC[Si](OCC)(OCC)OCC. The summed E-state index contributed by atoms with van der Waals surface area (Å²) in [5.74, 6) is -1.03. The van der Waals surface area contributed by atoms with Gasteiger partial charge in [-0.05, 0) is 74.4 Å². The van der Waals surface area contributed by atoms with Gasteiger partial charge in [-0.3, -0.25) is 0 Å². The molecule has 0 rings (SSSR count). The number of hydrogen-bond acceptors (Lipinski definition) is 14. The van der Waals surface area contributed by atoms with E-state index in [1.54, 1.807) is 6.92 Å². The van der Waals surface area contributed by atoms with Gasteiger partial charge < -0.3 is 56.9 Å². The molecule has 2 unspecified atom stereocenters. The Hall–Kier alpha value is -1.55. The van der Waals surface area contributed by atoms with Crippen LogP contribution in [-0.4, -0.2) is 131 Å². The maximum absolute atomic E-state index is 11.2. The summed E-state index contributed by atoms with van der Waals surface area (Å²) < 4.78 is 44.3. The van der Waals surface area contributed by atoms with Gasteiger partial charge in [-0.15, -0.1) is 0 Å². The van der Waals surface area contributed by atoms with Gasteiger partial charge in [0.15, 0.2) is 0 Å². The lowest BCUT2D eigenvalue weighted by atomic mass is 10.3. The topological polar surface area (TPSA) is 172 Å². The van der Waals surface area contributed by atoms with Crippen molar-refractivity contribution in [1.29, 1.82) is 0 Å². The average molecular weight is 713 g/mol. The fourth-order valence-electron chi connectivity index (χ4n) is 4.05. The third kappa shape index (κ3) is 25.1. The van der Waals surface area contributed by atoms with E-state index in [9.17, 15) is 19.8 Å². The van der Waals surface area contributed by atoms with E-state index >= 15 is 0 Å². The molecule has 278 valence electrons. The van der Waals surface area contributed by atoms with Crippen molar-refractivity contribution in [3.63, 3.8) is 0 Å². The summed E-state index contributed by atoms with van der Waals surface area (Å²) in [5.41, 5.74) is 0.319. The molecule has 0 saturated carbocycles. The second-order valence-corrected chi connectivity index (χ2v) is 15.6. The molecule has 14 nitrogen and oxygen atoms in total. The van der Waals surface area contributed by atoms with Crippen LogP contribution in [0.15, 0.2) is 24.8 Å². The third-order valence-electron chi connectivity index (χ3n) is 5.96. The summed E-state index contributed by atoms with van der Waals surface area (Å²) in [7, 11) is -5.19. The number of carbonyl (C=O) groups excluding carboxylic acids is 2. The maximum atomic E-state index is 11.2. The molecule has 47 heavy (non-hydrogen) atoms.